The minimum atomic E-state index is 1.01. The summed E-state index contributed by atoms with van der Waals surface area (Å²) in [5, 5.41) is 0. The Balaban J connectivity index is 1.79. The van der Waals surface area contributed by atoms with Crippen LogP contribution < -0.4 is 4.90 Å². The van der Waals surface area contributed by atoms with Crippen LogP contribution in [0.1, 0.15) is 51.9 Å². The summed E-state index contributed by atoms with van der Waals surface area (Å²) in [4.78, 5) is 1.94. The Morgan fingerprint density at radius 1 is 0.846 bits per heavy atom. The van der Waals surface area contributed by atoms with E-state index in [0.717, 1.165) is 12.0 Å². The molecule has 13 heavy (non-hydrogen) atoms. The quantitative estimate of drug-likeness (QED) is 0.629. The van der Waals surface area contributed by atoms with Gasteiger partial charge in [-0.15, -0.1) is 0 Å². The van der Waals surface area contributed by atoms with Gasteiger partial charge in [-0.3, -0.25) is 0 Å². The lowest BCUT2D eigenvalue weighted by atomic mass is 9.86. The number of quaternary nitrogens is 1. The first-order valence-corrected chi connectivity index (χ1v) is 6.21. The summed E-state index contributed by atoms with van der Waals surface area (Å²) >= 11 is 0. The van der Waals surface area contributed by atoms with Crippen molar-refractivity contribution >= 4 is 0 Å². The van der Waals surface area contributed by atoms with Crippen LogP contribution in [0, 0.1) is 5.92 Å². The first-order chi connectivity index (χ1) is 6.36. The lowest BCUT2D eigenvalue weighted by Gasteiger charge is -2.35. The van der Waals surface area contributed by atoms with E-state index in [9.17, 15) is 0 Å². The summed E-state index contributed by atoms with van der Waals surface area (Å²) in [6.45, 7) is 5.36. The lowest BCUT2D eigenvalue weighted by molar-refractivity contribution is -0.931. The average molecular weight is 182 g/mol. The van der Waals surface area contributed by atoms with Crippen molar-refractivity contribution in [2.45, 2.75) is 57.9 Å². The molecule has 0 bridgehead atoms. The van der Waals surface area contributed by atoms with Crippen LogP contribution in [0.4, 0.5) is 0 Å². The van der Waals surface area contributed by atoms with Crippen LogP contribution in [0.5, 0.6) is 0 Å². The maximum Gasteiger partial charge on any atom is 0.0874 e. The number of likely N-dealkylation sites (tertiary alicyclic amines) is 1. The Kier molecular flexibility index (Phi) is 3.26. The van der Waals surface area contributed by atoms with Crippen molar-refractivity contribution in [3.05, 3.63) is 0 Å². The molecule has 1 aliphatic carbocycles. The van der Waals surface area contributed by atoms with Gasteiger partial charge in [-0.1, -0.05) is 6.92 Å². The molecule has 0 spiro atoms. The van der Waals surface area contributed by atoms with Crippen LogP contribution in [0.15, 0.2) is 0 Å². The van der Waals surface area contributed by atoms with Crippen LogP contribution >= 0.6 is 0 Å². The predicted molar refractivity (Wildman–Crippen MR) is 56.0 cm³/mol. The van der Waals surface area contributed by atoms with Crippen molar-refractivity contribution in [1.82, 2.24) is 0 Å². The Hall–Kier alpha value is -0.0400. The molecule has 1 N–H and O–H groups in total. The van der Waals surface area contributed by atoms with E-state index in [0.29, 0.717) is 0 Å². The minimum absolute atomic E-state index is 1.01. The molecule has 0 atom stereocenters. The van der Waals surface area contributed by atoms with E-state index in [1.807, 2.05) is 4.90 Å². The van der Waals surface area contributed by atoms with Gasteiger partial charge >= 0.3 is 0 Å². The number of piperidine rings is 1. The molecule has 0 unspecified atom stereocenters. The second kappa shape index (κ2) is 4.45. The summed E-state index contributed by atoms with van der Waals surface area (Å²) in [6.07, 6.45) is 10.5. The van der Waals surface area contributed by atoms with Crippen LogP contribution in [0.3, 0.4) is 0 Å². The van der Waals surface area contributed by atoms with Crippen LogP contribution in [0.25, 0.3) is 0 Å². The van der Waals surface area contributed by atoms with E-state index < -0.39 is 0 Å². The van der Waals surface area contributed by atoms with E-state index in [1.54, 1.807) is 0 Å². The molecule has 0 aromatic heterocycles. The molecule has 76 valence electrons. The molecule has 1 aliphatic heterocycles. The van der Waals surface area contributed by atoms with Gasteiger partial charge in [-0.25, -0.2) is 0 Å². The molecular formula is C12H24N+. The van der Waals surface area contributed by atoms with E-state index in [4.69, 9.17) is 0 Å². The second-order valence-corrected chi connectivity index (χ2v) is 5.18. The second-order valence-electron chi connectivity index (χ2n) is 5.18. The fourth-order valence-corrected chi connectivity index (χ4v) is 3.08. The molecule has 2 aliphatic rings. The minimum Gasteiger partial charge on any atom is -0.333 e. The van der Waals surface area contributed by atoms with E-state index >= 15 is 0 Å². The molecule has 2 rings (SSSR count). The molecule has 1 heteroatoms. The highest BCUT2D eigenvalue weighted by atomic mass is 15.2. The van der Waals surface area contributed by atoms with Gasteiger partial charge in [0.2, 0.25) is 0 Å². The van der Waals surface area contributed by atoms with Gasteiger partial charge in [0.25, 0.3) is 0 Å². The van der Waals surface area contributed by atoms with Gasteiger partial charge in [0, 0.05) is 0 Å². The van der Waals surface area contributed by atoms with Gasteiger partial charge in [0.05, 0.1) is 19.1 Å². The average Bonchev–Trinajstić information content (AvgIpc) is 2.20. The van der Waals surface area contributed by atoms with Crippen molar-refractivity contribution < 1.29 is 4.90 Å². The SMILES string of the molecule is CC1CCC([NH+]2CCCCC2)CC1. The van der Waals surface area contributed by atoms with Crippen LogP contribution in [-0.2, 0) is 0 Å². The van der Waals surface area contributed by atoms with Crippen molar-refractivity contribution in [3.63, 3.8) is 0 Å². The Bertz CT molecular complexity index is 141. The van der Waals surface area contributed by atoms with Gasteiger partial charge in [0.1, 0.15) is 0 Å². The van der Waals surface area contributed by atoms with E-state index in [1.165, 1.54) is 58.0 Å². The largest absolute Gasteiger partial charge is 0.333 e. The zero-order chi connectivity index (χ0) is 9.10. The first kappa shape index (κ1) is 9.51. The fourth-order valence-electron chi connectivity index (χ4n) is 3.08. The van der Waals surface area contributed by atoms with Crippen LogP contribution in [-0.4, -0.2) is 19.1 Å². The molecule has 0 radical (unpaired) electrons. The maximum absolute atomic E-state index is 2.42. The maximum atomic E-state index is 2.42. The Labute approximate surface area is 82.5 Å². The number of hydrogen-bond donors (Lipinski definition) is 1. The summed E-state index contributed by atoms with van der Waals surface area (Å²) in [6, 6.07) is 1.04. The smallest absolute Gasteiger partial charge is 0.0874 e. The third-order valence-corrected chi connectivity index (χ3v) is 4.09. The molecule has 0 aromatic carbocycles. The standard InChI is InChI=1S/C12H23N/c1-11-5-7-12(8-6-11)13-9-3-2-4-10-13/h11-12H,2-10H2,1H3/p+1. The topological polar surface area (TPSA) is 4.44 Å². The monoisotopic (exact) mass is 182 g/mol. The molecule has 0 amide bonds. The number of rotatable bonds is 1. The Morgan fingerprint density at radius 2 is 1.46 bits per heavy atom. The normalized spacial score (nSPS) is 37.6. The van der Waals surface area contributed by atoms with Gasteiger partial charge in [0.15, 0.2) is 0 Å². The van der Waals surface area contributed by atoms with E-state index in [-0.39, 0.29) is 0 Å². The highest BCUT2D eigenvalue weighted by Crippen LogP contribution is 2.22. The molecule has 1 heterocycles. The highest BCUT2D eigenvalue weighted by molar-refractivity contribution is 4.69. The fraction of sp³-hybridized carbons (Fsp3) is 1.00. The van der Waals surface area contributed by atoms with Gasteiger partial charge < -0.3 is 4.90 Å². The van der Waals surface area contributed by atoms with E-state index in [2.05, 4.69) is 6.92 Å². The van der Waals surface area contributed by atoms with Crippen molar-refractivity contribution in [2.75, 3.05) is 13.1 Å². The zero-order valence-electron chi connectivity index (χ0n) is 9.02. The molecule has 1 nitrogen and oxygen atoms in total. The van der Waals surface area contributed by atoms with Gasteiger partial charge in [-0.05, 0) is 50.9 Å². The Morgan fingerprint density at radius 3 is 2.08 bits per heavy atom. The lowest BCUT2D eigenvalue weighted by Crippen LogP contribution is -3.16. The highest BCUT2D eigenvalue weighted by Gasteiger charge is 2.27. The predicted octanol–water partition coefficient (Wildman–Crippen LogP) is 1.63. The third kappa shape index (κ3) is 2.46. The summed E-state index contributed by atoms with van der Waals surface area (Å²) in [5.74, 6) is 1.01. The van der Waals surface area contributed by atoms with Crippen molar-refractivity contribution in [3.8, 4) is 0 Å². The summed E-state index contributed by atoms with van der Waals surface area (Å²) in [7, 11) is 0. The summed E-state index contributed by atoms with van der Waals surface area (Å²) < 4.78 is 0. The molecule has 1 saturated carbocycles. The van der Waals surface area contributed by atoms with Crippen molar-refractivity contribution in [1.29, 1.82) is 0 Å². The summed E-state index contributed by atoms with van der Waals surface area (Å²) in [5.41, 5.74) is 0. The molecule has 0 aromatic rings. The number of hydrogen-bond acceptors (Lipinski definition) is 0. The third-order valence-electron chi connectivity index (χ3n) is 4.09. The number of nitrogens with one attached hydrogen (secondary N) is 1. The molecule has 2 fully saturated rings. The molecule has 1 saturated heterocycles. The van der Waals surface area contributed by atoms with Crippen LogP contribution in [0.2, 0.25) is 0 Å². The molecular weight excluding hydrogens is 158 g/mol. The van der Waals surface area contributed by atoms with Crippen molar-refractivity contribution in [2.24, 2.45) is 5.92 Å². The van der Waals surface area contributed by atoms with Gasteiger partial charge in [-0.2, -0.15) is 0 Å². The first-order valence-electron chi connectivity index (χ1n) is 6.21. The zero-order valence-corrected chi connectivity index (χ0v) is 9.02.